The molecule has 2 rings (SSSR count). The van der Waals surface area contributed by atoms with Gasteiger partial charge in [0.1, 0.15) is 18.1 Å². The second kappa shape index (κ2) is 14.0. The summed E-state index contributed by atoms with van der Waals surface area (Å²) in [5, 5.41) is 25.9. The largest absolute Gasteiger partial charge is 0.481 e. The van der Waals surface area contributed by atoms with Crippen LogP contribution < -0.4 is 27.4 Å². The van der Waals surface area contributed by atoms with E-state index in [-0.39, 0.29) is 25.0 Å². The van der Waals surface area contributed by atoms with Crippen LogP contribution in [0.25, 0.3) is 10.9 Å². The summed E-state index contributed by atoms with van der Waals surface area (Å²) in [6.07, 6.45) is 0.0752. The number of primary amides is 1. The SMILES string of the molecule is NC(=O)CCC(NC(=O)C(Cc1c[nH]c2ccccc12)NC(=O)C(N)CS)C(=O)NC(CC(=O)O)C(=O)O. The second-order valence-electron chi connectivity index (χ2n) is 8.48. The van der Waals surface area contributed by atoms with Crippen molar-refractivity contribution >= 4 is 59.1 Å². The first-order valence-corrected chi connectivity index (χ1v) is 12.1. The summed E-state index contributed by atoms with van der Waals surface area (Å²) in [4.78, 5) is 75.4. The summed E-state index contributed by atoms with van der Waals surface area (Å²) in [6, 6.07) is 1.73. The zero-order valence-corrected chi connectivity index (χ0v) is 21.1. The van der Waals surface area contributed by atoms with Crippen LogP contribution in [0.5, 0.6) is 0 Å². The molecule has 4 atom stereocenters. The van der Waals surface area contributed by atoms with E-state index in [0.717, 1.165) is 10.9 Å². The second-order valence-corrected chi connectivity index (χ2v) is 8.84. The molecule has 206 valence electrons. The van der Waals surface area contributed by atoms with Crippen molar-refractivity contribution in [3.63, 3.8) is 0 Å². The van der Waals surface area contributed by atoms with Crippen molar-refractivity contribution < 1.29 is 39.0 Å². The number of carboxylic acids is 2. The maximum atomic E-state index is 13.3. The van der Waals surface area contributed by atoms with E-state index < -0.39 is 66.2 Å². The lowest BCUT2D eigenvalue weighted by atomic mass is 10.0. The van der Waals surface area contributed by atoms with E-state index in [1.807, 2.05) is 23.5 Å². The fourth-order valence-corrected chi connectivity index (χ4v) is 3.73. The van der Waals surface area contributed by atoms with Crippen LogP contribution in [0.3, 0.4) is 0 Å². The molecule has 2 aromatic rings. The van der Waals surface area contributed by atoms with Gasteiger partial charge in [-0.2, -0.15) is 12.6 Å². The molecule has 0 saturated carbocycles. The minimum Gasteiger partial charge on any atom is -0.481 e. The van der Waals surface area contributed by atoms with Crippen LogP contribution in [0.4, 0.5) is 0 Å². The van der Waals surface area contributed by atoms with E-state index in [0.29, 0.717) is 5.56 Å². The number of amides is 4. The molecule has 4 unspecified atom stereocenters. The fraction of sp³-hybridized carbons (Fsp3) is 0.391. The molecule has 0 bridgehead atoms. The van der Waals surface area contributed by atoms with Gasteiger partial charge in [-0.05, 0) is 18.1 Å². The molecule has 1 aromatic carbocycles. The Hall–Kier alpha value is -4.11. The lowest BCUT2D eigenvalue weighted by Gasteiger charge is -2.25. The van der Waals surface area contributed by atoms with Crippen LogP contribution in [0.15, 0.2) is 30.5 Å². The third-order valence-corrected chi connectivity index (χ3v) is 5.96. The molecule has 14 nitrogen and oxygen atoms in total. The molecule has 0 aliphatic heterocycles. The maximum Gasteiger partial charge on any atom is 0.326 e. The quantitative estimate of drug-likeness (QED) is 0.114. The van der Waals surface area contributed by atoms with Crippen molar-refractivity contribution in [2.75, 3.05) is 5.75 Å². The molecule has 0 radical (unpaired) electrons. The number of aromatic amines is 1. The first kappa shape index (κ1) is 30.1. The highest BCUT2D eigenvalue weighted by molar-refractivity contribution is 7.80. The first-order valence-electron chi connectivity index (χ1n) is 11.5. The maximum absolute atomic E-state index is 13.3. The number of aliphatic carboxylic acids is 2. The summed E-state index contributed by atoms with van der Waals surface area (Å²) < 4.78 is 0. The van der Waals surface area contributed by atoms with Crippen molar-refractivity contribution in [1.82, 2.24) is 20.9 Å². The number of nitrogens with two attached hydrogens (primary N) is 2. The average Bonchev–Trinajstić information content (AvgIpc) is 3.27. The van der Waals surface area contributed by atoms with Crippen molar-refractivity contribution in [2.24, 2.45) is 11.5 Å². The lowest BCUT2D eigenvalue weighted by molar-refractivity contribution is -0.147. The molecule has 0 spiro atoms. The molecular weight excluding hydrogens is 520 g/mol. The van der Waals surface area contributed by atoms with Crippen LogP contribution in [-0.4, -0.2) is 80.7 Å². The van der Waals surface area contributed by atoms with Gasteiger partial charge >= 0.3 is 11.9 Å². The number of hydrogen-bond donors (Lipinski definition) is 9. The number of carboxylic acid groups (broad SMARTS) is 2. The van der Waals surface area contributed by atoms with Gasteiger partial charge in [-0.3, -0.25) is 24.0 Å². The predicted molar refractivity (Wildman–Crippen MR) is 138 cm³/mol. The minimum absolute atomic E-state index is 0.00292. The van der Waals surface area contributed by atoms with E-state index in [1.54, 1.807) is 12.3 Å². The third-order valence-electron chi connectivity index (χ3n) is 5.57. The summed E-state index contributed by atoms with van der Waals surface area (Å²) in [5.74, 6) is -6.42. The highest BCUT2D eigenvalue weighted by Crippen LogP contribution is 2.19. The molecule has 10 N–H and O–H groups in total. The van der Waals surface area contributed by atoms with Crippen molar-refractivity contribution in [1.29, 1.82) is 0 Å². The molecular formula is C23H30N6O8S. The highest BCUT2D eigenvalue weighted by atomic mass is 32.1. The van der Waals surface area contributed by atoms with E-state index in [1.165, 1.54) is 0 Å². The number of carbonyl (C=O) groups excluding carboxylic acids is 4. The molecule has 38 heavy (non-hydrogen) atoms. The topological polar surface area (TPSA) is 247 Å². The van der Waals surface area contributed by atoms with E-state index in [4.69, 9.17) is 16.6 Å². The predicted octanol–water partition coefficient (Wildman–Crippen LogP) is -1.75. The molecule has 15 heteroatoms. The summed E-state index contributed by atoms with van der Waals surface area (Å²) >= 11 is 3.99. The molecule has 0 saturated heterocycles. The standard InChI is InChI=1S/C23H30N6O8S/c24-13(10-38)20(33)28-16(7-11-9-26-14-4-2-1-3-12(11)14)22(35)27-15(5-6-18(25)30)21(34)29-17(23(36)37)8-19(31)32/h1-4,9,13,15-17,26,38H,5-8,10,24H2,(H2,25,30)(H,27,35)(H,28,33)(H,29,34)(H,31,32)(H,36,37). The molecule has 0 aliphatic rings. The van der Waals surface area contributed by atoms with Crippen LogP contribution in [0.1, 0.15) is 24.8 Å². The van der Waals surface area contributed by atoms with E-state index >= 15 is 0 Å². The van der Waals surface area contributed by atoms with Crippen molar-refractivity contribution in [3.8, 4) is 0 Å². The van der Waals surface area contributed by atoms with E-state index in [2.05, 4.69) is 28.2 Å². The van der Waals surface area contributed by atoms with Gasteiger partial charge in [-0.25, -0.2) is 4.79 Å². The molecule has 1 aromatic heterocycles. The van der Waals surface area contributed by atoms with E-state index in [9.17, 15) is 33.9 Å². The number of para-hydroxylation sites is 1. The number of nitrogens with one attached hydrogen (secondary N) is 4. The third kappa shape index (κ3) is 8.77. The number of hydrogen-bond acceptors (Lipinski definition) is 8. The van der Waals surface area contributed by atoms with Crippen molar-refractivity contribution in [3.05, 3.63) is 36.0 Å². The number of aromatic nitrogens is 1. The number of carbonyl (C=O) groups is 6. The Labute approximate surface area is 222 Å². The lowest BCUT2D eigenvalue weighted by Crippen LogP contribution is -2.58. The highest BCUT2D eigenvalue weighted by Gasteiger charge is 2.31. The van der Waals surface area contributed by atoms with Gasteiger partial charge in [-0.1, -0.05) is 18.2 Å². The average molecular weight is 551 g/mol. The smallest absolute Gasteiger partial charge is 0.326 e. The number of thiol groups is 1. The monoisotopic (exact) mass is 550 g/mol. The van der Waals surface area contributed by atoms with Crippen LogP contribution >= 0.6 is 12.6 Å². The van der Waals surface area contributed by atoms with Crippen LogP contribution in [0, 0.1) is 0 Å². The van der Waals surface area contributed by atoms with Crippen LogP contribution in [-0.2, 0) is 35.2 Å². The molecule has 1 heterocycles. The Morgan fingerprint density at radius 3 is 2.13 bits per heavy atom. The van der Waals surface area contributed by atoms with Crippen molar-refractivity contribution in [2.45, 2.75) is 49.9 Å². The summed E-state index contributed by atoms with van der Waals surface area (Å²) in [7, 11) is 0. The fourth-order valence-electron chi connectivity index (χ4n) is 3.57. The van der Waals surface area contributed by atoms with Gasteiger partial charge < -0.3 is 42.6 Å². The Kier molecular flexibility index (Phi) is 11.1. The minimum atomic E-state index is -1.79. The molecule has 0 aliphatic carbocycles. The van der Waals surface area contributed by atoms with Gasteiger partial charge in [-0.15, -0.1) is 0 Å². The first-order chi connectivity index (χ1) is 17.9. The summed E-state index contributed by atoms with van der Waals surface area (Å²) in [6.45, 7) is 0. The van der Waals surface area contributed by atoms with Gasteiger partial charge in [0.2, 0.25) is 23.6 Å². The Morgan fingerprint density at radius 1 is 0.921 bits per heavy atom. The zero-order chi connectivity index (χ0) is 28.4. The Bertz CT molecular complexity index is 1200. The summed E-state index contributed by atoms with van der Waals surface area (Å²) in [5.41, 5.74) is 12.4. The van der Waals surface area contributed by atoms with Gasteiger partial charge in [0.25, 0.3) is 0 Å². The van der Waals surface area contributed by atoms with Gasteiger partial charge in [0.15, 0.2) is 0 Å². The number of benzene rings is 1. The Morgan fingerprint density at radius 2 is 1.53 bits per heavy atom. The zero-order valence-electron chi connectivity index (χ0n) is 20.2. The number of fused-ring (bicyclic) bond motifs is 1. The number of rotatable bonds is 15. The van der Waals surface area contributed by atoms with Gasteiger partial charge in [0, 0.05) is 35.7 Å². The van der Waals surface area contributed by atoms with Gasteiger partial charge in [0.05, 0.1) is 12.5 Å². The molecule has 0 fully saturated rings. The normalized spacial score (nSPS) is 14.1. The number of H-pyrrole nitrogens is 1. The molecule has 4 amide bonds. The Balaban J connectivity index is 2.30. The van der Waals surface area contributed by atoms with Crippen LogP contribution in [0.2, 0.25) is 0 Å².